The minimum atomic E-state index is -4.15. The normalized spacial score (nSPS) is 13.0. The number of aromatic nitrogens is 6. The van der Waals surface area contributed by atoms with Crippen LogP contribution in [0, 0.1) is 19.1 Å². The maximum atomic E-state index is 13.6. The van der Waals surface area contributed by atoms with E-state index in [2.05, 4.69) is 42.0 Å². The molecule has 0 saturated heterocycles. The molecular formula is C24H25N7O5S. The van der Waals surface area contributed by atoms with Gasteiger partial charge in [-0.2, -0.15) is 0 Å². The molecule has 0 aliphatic heterocycles. The fourth-order valence-corrected chi connectivity index (χ4v) is 4.73. The van der Waals surface area contributed by atoms with E-state index in [9.17, 15) is 13.5 Å². The Labute approximate surface area is 214 Å². The second-order valence-corrected chi connectivity index (χ2v) is 9.95. The van der Waals surface area contributed by atoms with Gasteiger partial charge in [-0.15, -0.1) is 10.2 Å². The van der Waals surface area contributed by atoms with Crippen LogP contribution in [0.3, 0.4) is 0 Å². The van der Waals surface area contributed by atoms with Crippen molar-refractivity contribution in [1.82, 2.24) is 29.7 Å². The zero-order valence-corrected chi connectivity index (χ0v) is 21.4. The van der Waals surface area contributed by atoms with E-state index in [-0.39, 0.29) is 35.6 Å². The lowest BCUT2D eigenvalue weighted by Crippen LogP contribution is -2.33. The number of aryl methyl sites for hydroxylation is 1. The lowest BCUT2D eigenvalue weighted by molar-refractivity contribution is 0.0588. The van der Waals surface area contributed by atoms with Gasteiger partial charge in [-0.25, -0.2) is 8.42 Å². The van der Waals surface area contributed by atoms with Crippen molar-refractivity contribution in [2.75, 3.05) is 18.4 Å². The number of benzene rings is 1. The van der Waals surface area contributed by atoms with E-state index in [1.807, 2.05) is 0 Å². The molecule has 2 N–H and O–H groups in total. The van der Waals surface area contributed by atoms with Gasteiger partial charge in [-0.1, -0.05) is 12.1 Å². The molecule has 0 radical (unpaired) electrons. The average molecular weight is 524 g/mol. The zero-order valence-electron chi connectivity index (χ0n) is 20.6. The van der Waals surface area contributed by atoms with Gasteiger partial charge >= 0.3 is 0 Å². The Bertz CT molecular complexity index is 1460. The number of anilines is 1. The Balaban J connectivity index is 1.80. The van der Waals surface area contributed by atoms with Crippen molar-refractivity contribution in [2.24, 2.45) is 0 Å². The first-order valence-electron chi connectivity index (χ1n) is 11.2. The minimum Gasteiger partial charge on any atom is -0.506 e. The maximum absolute atomic E-state index is 13.6. The molecule has 2 atom stereocenters. The summed E-state index contributed by atoms with van der Waals surface area (Å²) >= 11 is 0. The molecule has 4 aromatic rings. The van der Waals surface area contributed by atoms with Gasteiger partial charge in [0, 0.05) is 19.0 Å². The number of nitrogens with one attached hydrogen (secondary N) is 1. The zero-order chi connectivity index (χ0) is 26.6. The molecule has 0 fully saturated rings. The molecule has 12 nitrogen and oxygen atoms in total. The summed E-state index contributed by atoms with van der Waals surface area (Å²) < 4.78 is 42.2. The van der Waals surface area contributed by atoms with Crippen LogP contribution >= 0.6 is 0 Å². The number of hydrogen-bond donors (Lipinski definition) is 2. The van der Waals surface area contributed by atoms with E-state index < -0.39 is 21.4 Å². The summed E-state index contributed by atoms with van der Waals surface area (Å²) in [5.41, 5.74) is 1.55. The highest BCUT2D eigenvalue weighted by Crippen LogP contribution is 2.37. The molecular weight excluding hydrogens is 498 g/mol. The quantitative estimate of drug-likeness (QED) is 0.317. The molecule has 0 bridgehead atoms. The Kier molecular flexibility index (Phi) is 7.51. The second-order valence-electron chi connectivity index (χ2n) is 7.91. The van der Waals surface area contributed by atoms with E-state index in [0.717, 1.165) is 0 Å². The first-order chi connectivity index (χ1) is 17.8. The van der Waals surface area contributed by atoms with Crippen LogP contribution in [0.4, 0.5) is 5.95 Å². The van der Waals surface area contributed by atoms with E-state index >= 15 is 0 Å². The first-order valence-corrected chi connectivity index (χ1v) is 12.8. The number of rotatable bonds is 10. The molecule has 0 amide bonds. The standard InChI is InChI=1S/C24H25N7O5S/c1-5-36-22(18-14-26-15(2)12-27-18)16(3)37(33,34)30-24-29-28-23(17-8-7-11-25-13-17)31(24)21-19(32)9-6-10-20(21)35-4/h6,9-14,16,22,32H,5H2,1-4H3,(H,29,30)/t16-,22-/m1/s1. The van der Waals surface area contributed by atoms with Crippen molar-refractivity contribution in [3.63, 3.8) is 0 Å². The number of nitrogens with zero attached hydrogens (tertiary/aromatic N) is 6. The number of hydrogen-bond acceptors (Lipinski definition) is 10. The van der Waals surface area contributed by atoms with Crippen LogP contribution in [0.15, 0.2) is 43.0 Å². The lowest BCUT2D eigenvalue weighted by atomic mass is 10.2. The summed E-state index contributed by atoms with van der Waals surface area (Å²) in [5.74, 6) is 0.0258. The summed E-state index contributed by atoms with van der Waals surface area (Å²) in [4.78, 5) is 12.5. The van der Waals surface area contributed by atoms with Gasteiger partial charge < -0.3 is 14.6 Å². The van der Waals surface area contributed by atoms with Gasteiger partial charge in [0.25, 0.3) is 0 Å². The Morgan fingerprint density at radius 2 is 2.00 bits per heavy atom. The number of phenols is 1. The van der Waals surface area contributed by atoms with Crippen molar-refractivity contribution in [3.8, 4) is 28.6 Å². The number of ether oxygens (including phenoxy) is 2. The molecule has 0 spiro atoms. The summed E-state index contributed by atoms with van der Waals surface area (Å²) in [6.45, 7) is 5.29. The highest BCUT2D eigenvalue weighted by Gasteiger charge is 2.34. The monoisotopic (exact) mass is 523 g/mol. The summed E-state index contributed by atoms with van der Waals surface area (Å²) in [5, 5.41) is 17.8. The van der Waals surface area contributed by atoms with Crippen molar-refractivity contribution in [1.29, 1.82) is 0 Å². The molecule has 3 heterocycles. The fraction of sp³-hybridized carbons (Fsp3) is 0.292. The number of phenolic OH excluding ortho intramolecular Hbond substituents is 1. The number of methoxy groups -OCH3 is 1. The molecule has 4 rings (SSSR count). The highest BCUT2D eigenvalue weighted by atomic mass is 32.2. The SMILES string of the molecule is CCO[C@@H](c1cnc(C)cn1)[C@@H](C)S(=O)(=O)Nc1nnc(-c2c#ccnc2)n1-c1c(O)cccc1OC. The molecule has 0 aliphatic carbocycles. The van der Waals surface area contributed by atoms with Crippen molar-refractivity contribution in [3.05, 3.63) is 66.5 Å². The fourth-order valence-electron chi connectivity index (χ4n) is 3.62. The minimum absolute atomic E-state index is 0.123. The van der Waals surface area contributed by atoms with E-state index in [0.29, 0.717) is 17.0 Å². The van der Waals surface area contributed by atoms with Crippen LogP contribution in [0.5, 0.6) is 11.5 Å². The molecule has 13 heteroatoms. The number of aromatic hydroxyl groups is 1. The first kappa shape index (κ1) is 25.8. The van der Waals surface area contributed by atoms with Gasteiger partial charge in [0.05, 0.1) is 36.5 Å². The van der Waals surface area contributed by atoms with Crippen LogP contribution in [0.2, 0.25) is 0 Å². The van der Waals surface area contributed by atoms with Gasteiger partial charge in [0.15, 0.2) is 5.82 Å². The maximum Gasteiger partial charge on any atom is 0.243 e. The lowest BCUT2D eigenvalue weighted by Gasteiger charge is -2.24. The van der Waals surface area contributed by atoms with Crippen molar-refractivity contribution in [2.45, 2.75) is 32.1 Å². The number of sulfonamides is 1. The molecule has 1 aromatic carbocycles. The Morgan fingerprint density at radius 1 is 1.19 bits per heavy atom. The third-order valence-corrected chi connectivity index (χ3v) is 7.16. The van der Waals surface area contributed by atoms with Crippen molar-refractivity contribution >= 4 is 16.0 Å². The summed E-state index contributed by atoms with van der Waals surface area (Å²) in [7, 11) is -2.72. The molecule has 0 unspecified atom stereocenters. The Hall–Kier alpha value is -4.28. The third kappa shape index (κ3) is 5.30. The topological polar surface area (TPSA) is 154 Å². The van der Waals surface area contributed by atoms with E-state index in [1.165, 1.54) is 43.3 Å². The second kappa shape index (κ2) is 10.8. The molecule has 3 aromatic heterocycles. The van der Waals surface area contributed by atoms with E-state index in [1.54, 1.807) is 32.2 Å². The van der Waals surface area contributed by atoms with E-state index in [4.69, 9.17) is 9.47 Å². The van der Waals surface area contributed by atoms with Crippen LogP contribution in [-0.4, -0.2) is 62.2 Å². The predicted octanol–water partition coefficient (Wildman–Crippen LogP) is 2.65. The summed E-state index contributed by atoms with van der Waals surface area (Å²) in [6, 6.07) is 10.2. The highest BCUT2D eigenvalue weighted by molar-refractivity contribution is 7.93. The molecule has 0 saturated carbocycles. The van der Waals surface area contributed by atoms with Crippen LogP contribution in [-0.2, 0) is 14.8 Å². The van der Waals surface area contributed by atoms with Gasteiger partial charge in [0.2, 0.25) is 16.0 Å². The molecule has 37 heavy (non-hydrogen) atoms. The largest absolute Gasteiger partial charge is 0.506 e. The third-order valence-electron chi connectivity index (χ3n) is 5.46. The number of para-hydroxylation sites is 1. The summed E-state index contributed by atoms with van der Waals surface area (Å²) in [6.07, 6.45) is 5.00. The van der Waals surface area contributed by atoms with Gasteiger partial charge in [-0.05, 0) is 39.0 Å². The Morgan fingerprint density at radius 3 is 2.65 bits per heavy atom. The van der Waals surface area contributed by atoms with Crippen LogP contribution in [0.1, 0.15) is 31.3 Å². The average Bonchev–Trinajstić information content (AvgIpc) is 3.30. The predicted molar refractivity (Wildman–Crippen MR) is 134 cm³/mol. The van der Waals surface area contributed by atoms with Gasteiger partial charge in [-0.3, -0.25) is 24.2 Å². The molecule has 192 valence electrons. The van der Waals surface area contributed by atoms with Crippen molar-refractivity contribution < 1.29 is 23.0 Å². The smallest absolute Gasteiger partial charge is 0.243 e. The van der Waals surface area contributed by atoms with Crippen LogP contribution < -0.4 is 9.46 Å². The molecule has 0 aliphatic rings. The van der Waals surface area contributed by atoms with Crippen LogP contribution in [0.25, 0.3) is 17.1 Å². The van der Waals surface area contributed by atoms with Gasteiger partial charge in [0.1, 0.15) is 28.5 Å².